The van der Waals surface area contributed by atoms with Crippen LogP contribution in [0.3, 0.4) is 0 Å². The molecule has 2 aromatic rings. The number of ether oxygens (including phenoxy) is 1. The van der Waals surface area contributed by atoms with E-state index in [2.05, 4.69) is 57.1 Å². The molecule has 3 nitrogen and oxygen atoms in total. The molecule has 0 aliphatic rings. The summed E-state index contributed by atoms with van der Waals surface area (Å²) in [5.74, 6) is 0.990. The zero-order valence-corrected chi connectivity index (χ0v) is 12.2. The normalized spacial score (nSPS) is 10.7. The van der Waals surface area contributed by atoms with Crippen LogP contribution in [-0.2, 0) is 19.6 Å². The first kappa shape index (κ1) is 13.7. The second-order valence-electron chi connectivity index (χ2n) is 4.81. The lowest BCUT2D eigenvalue weighted by Crippen LogP contribution is -2.07. The monoisotopic (exact) mass is 258 g/mol. The Bertz CT molecular complexity index is 538. The Balaban J connectivity index is 2.16. The highest BCUT2D eigenvalue weighted by atomic mass is 16.5. The van der Waals surface area contributed by atoms with E-state index >= 15 is 0 Å². The molecule has 3 heteroatoms. The summed E-state index contributed by atoms with van der Waals surface area (Å²) >= 11 is 0. The summed E-state index contributed by atoms with van der Waals surface area (Å²) in [7, 11) is 0. The Morgan fingerprint density at radius 3 is 2.42 bits per heavy atom. The van der Waals surface area contributed by atoms with E-state index in [0.29, 0.717) is 6.61 Å². The summed E-state index contributed by atoms with van der Waals surface area (Å²) in [6, 6.07) is 8.36. The van der Waals surface area contributed by atoms with E-state index in [9.17, 15) is 0 Å². The van der Waals surface area contributed by atoms with E-state index in [-0.39, 0.29) is 0 Å². The van der Waals surface area contributed by atoms with Crippen molar-refractivity contribution >= 4 is 0 Å². The number of para-hydroxylation sites is 1. The average molecular weight is 258 g/mol. The molecular formula is C16H22N2O. The molecule has 0 saturated carbocycles. The molecule has 102 valence electrons. The van der Waals surface area contributed by atoms with Crippen LogP contribution < -0.4 is 4.74 Å². The minimum absolute atomic E-state index is 0.576. The van der Waals surface area contributed by atoms with Crippen molar-refractivity contribution in [3.8, 4) is 5.75 Å². The number of aryl methyl sites for hydroxylation is 4. The minimum Gasteiger partial charge on any atom is -0.487 e. The lowest BCUT2D eigenvalue weighted by Gasteiger charge is -2.12. The van der Waals surface area contributed by atoms with Crippen LogP contribution in [-0.4, -0.2) is 9.78 Å². The maximum Gasteiger partial charge on any atom is 0.130 e. The van der Waals surface area contributed by atoms with Crippen molar-refractivity contribution in [3.63, 3.8) is 0 Å². The summed E-state index contributed by atoms with van der Waals surface area (Å²) in [5, 5.41) is 4.54. The minimum atomic E-state index is 0.576. The molecular weight excluding hydrogens is 236 g/mol. The fraction of sp³-hybridized carbons (Fsp3) is 0.438. The third-order valence-corrected chi connectivity index (χ3v) is 3.35. The lowest BCUT2D eigenvalue weighted by atomic mass is 10.1. The fourth-order valence-corrected chi connectivity index (χ4v) is 2.25. The third kappa shape index (κ3) is 2.98. The van der Waals surface area contributed by atoms with Gasteiger partial charge in [-0.2, -0.15) is 5.10 Å². The molecule has 0 fully saturated rings. The molecule has 0 unspecified atom stereocenters. The molecule has 0 aliphatic carbocycles. The first-order chi connectivity index (χ1) is 9.15. The van der Waals surface area contributed by atoms with Crippen LogP contribution in [0.1, 0.15) is 36.4 Å². The summed E-state index contributed by atoms with van der Waals surface area (Å²) in [6.45, 7) is 9.85. The third-order valence-electron chi connectivity index (χ3n) is 3.35. The van der Waals surface area contributed by atoms with Gasteiger partial charge in [0.25, 0.3) is 0 Å². The average Bonchev–Trinajstić information content (AvgIpc) is 2.80. The largest absolute Gasteiger partial charge is 0.487 e. The Labute approximate surface area is 115 Å². The summed E-state index contributed by atoms with van der Waals surface area (Å²) < 4.78 is 8.01. The molecule has 0 amide bonds. The van der Waals surface area contributed by atoms with Crippen LogP contribution in [0.5, 0.6) is 5.75 Å². The fourth-order valence-electron chi connectivity index (χ4n) is 2.25. The number of nitrogens with zero attached hydrogens (tertiary/aromatic N) is 2. The summed E-state index contributed by atoms with van der Waals surface area (Å²) in [5.41, 5.74) is 4.63. The smallest absolute Gasteiger partial charge is 0.130 e. The van der Waals surface area contributed by atoms with Gasteiger partial charge in [-0.15, -0.1) is 0 Å². The summed E-state index contributed by atoms with van der Waals surface area (Å²) in [4.78, 5) is 0. The van der Waals surface area contributed by atoms with Crippen LogP contribution in [0.2, 0.25) is 0 Å². The molecule has 1 aromatic carbocycles. The van der Waals surface area contributed by atoms with Crippen molar-refractivity contribution in [2.24, 2.45) is 0 Å². The molecule has 0 N–H and O–H groups in total. The number of hydrogen-bond acceptors (Lipinski definition) is 2. The highest BCUT2D eigenvalue weighted by molar-refractivity contribution is 5.39. The Morgan fingerprint density at radius 1 is 1.16 bits per heavy atom. The van der Waals surface area contributed by atoms with Gasteiger partial charge in [-0.05, 0) is 44.4 Å². The van der Waals surface area contributed by atoms with E-state index in [4.69, 9.17) is 4.74 Å². The van der Waals surface area contributed by atoms with E-state index < -0.39 is 0 Å². The molecule has 0 aliphatic heterocycles. The first-order valence-corrected chi connectivity index (χ1v) is 6.90. The van der Waals surface area contributed by atoms with Crippen molar-refractivity contribution in [2.45, 2.75) is 47.3 Å². The zero-order chi connectivity index (χ0) is 13.8. The summed E-state index contributed by atoms with van der Waals surface area (Å²) in [6.07, 6.45) is 0.962. The molecule has 0 spiro atoms. The molecule has 0 saturated heterocycles. The number of benzene rings is 1. The lowest BCUT2D eigenvalue weighted by molar-refractivity contribution is 0.288. The molecule has 0 atom stereocenters. The van der Waals surface area contributed by atoms with Crippen molar-refractivity contribution in [1.82, 2.24) is 9.78 Å². The van der Waals surface area contributed by atoms with Gasteiger partial charge < -0.3 is 4.74 Å². The first-order valence-electron chi connectivity index (χ1n) is 6.90. The van der Waals surface area contributed by atoms with Gasteiger partial charge in [0, 0.05) is 6.54 Å². The maximum atomic E-state index is 5.99. The number of hydrogen-bond donors (Lipinski definition) is 0. The SMILES string of the molecule is CCc1cc(COc2c(C)cccc2C)n(CC)n1. The Morgan fingerprint density at radius 2 is 1.84 bits per heavy atom. The zero-order valence-electron chi connectivity index (χ0n) is 12.2. The molecule has 2 rings (SSSR count). The predicted octanol–water partition coefficient (Wildman–Crippen LogP) is 3.66. The van der Waals surface area contributed by atoms with Crippen molar-refractivity contribution in [3.05, 3.63) is 46.8 Å². The van der Waals surface area contributed by atoms with Gasteiger partial charge in [-0.3, -0.25) is 4.68 Å². The van der Waals surface area contributed by atoms with Gasteiger partial charge in [-0.1, -0.05) is 25.1 Å². The van der Waals surface area contributed by atoms with Gasteiger partial charge in [-0.25, -0.2) is 0 Å². The topological polar surface area (TPSA) is 27.1 Å². The van der Waals surface area contributed by atoms with Gasteiger partial charge in [0.05, 0.1) is 11.4 Å². The maximum absolute atomic E-state index is 5.99. The molecule has 0 radical (unpaired) electrons. The molecule has 19 heavy (non-hydrogen) atoms. The van der Waals surface area contributed by atoms with Crippen molar-refractivity contribution in [2.75, 3.05) is 0 Å². The van der Waals surface area contributed by atoms with Gasteiger partial charge in [0.15, 0.2) is 0 Å². The van der Waals surface area contributed by atoms with Crippen molar-refractivity contribution in [1.29, 1.82) is 0 Å². The van der Waals surface area contributed by atoms with Crippen LogP contribution in [0.15, 0.2) is 24.3 Å². The standard InChI is InChI=1S/C16H22N2O/c1-5-14-10-15(18(6-2)17-14)11-19-16-12(3)8-7-9-13(16)4/h7-10H,5-6,11H2,1-4H3. The van der Waals surface area contributed by atoms with E-state index in [1.807, 2.05) is 4.68 Å². The van der Waals surface area contributed by atoms with E-state index in [1.165, 1.54) is 11.1 Å². The van der Waals surface area contributed by atoms with Gasteiger partial charge in [0.1, 0.15) is 12.4 Å². The van der Waals surface area contributed by atoms with Gasteiger partial charge in [0.2, 0.25) is 0 Å². The Hall–Kier alpha value is -1.77. The highest BCUT2D eigenvalue weighted by Crippen LogP contribution is 2.23. The molecule has 1 heterocycles. The van der Waals surface area contributed by atoms with Crippen LogP contribution in [0.4, 0.5) is 0 Å². The van der Waals surface area contributed by atoms with Crippen molar-refractivity contribution < 1.29 is 4.74 Å². The highest BCUT2D eigenvalue weighted by Gasteiger charge is 2.08. The molecule has 1 aromatic heterocycles. The number of rotatable bonds is 5. The van der Waals surface area contributed by atoms with Crippen LogP contribution in [0.25, 0.3) is 0 Å². The van der Waals surface area contributed by atoms with E-state index in [1.54, 1.807) is 0 Å². The quantitative estimate of drug-likeness (QED) is 0.818. The van der Waals surface area contributed by atoms with Gasteiger partial charge >= 0.3 is 0 Å². The molecule has 0 bridgehead atoms. The second-order valence-corrected chi connectivity index (χ2v) is 4.81. The van der Waals surface area contributed by atoms with Crippen LogP contribution in [0, 0.1) is 13.8 Å². The second kappa shape index (κ2) is 5.91. The Kier molecular flexibility index (Phi) is 4.25. The van der Waals surface area contributed by atoms with E-state index in [0.717, 1.165) is 30.1 Å². The number of aromatic nitrogens is 2. The van der Waals surface area contributed by atoms with Crippen LogP contribution >= 0.6 is 0 Å². The predicted molar refractivity (Wildman–Crippen MR) is 77.5 cm³/mol.